The fourth-order valence-corrected chi connectivity index (χ4v) is 4.60. The molecule has 5 aromatic rings. The molecule has 0 unspecified atom stereocenters. The molecule has 0 radical (unpaired) electrons. The predicted molar refractivity (Wildman–Crippen MR) is 120 cm³/mol. The van der Waals surface area contributed by atoms with Crippen LogP contribution in [-0.2, 0) is 19.5 Å². The van der Waals surface area contributed by atoms with E-state index < -0.39 is 0 Å². The highest BCUT2D eigenvalue weighted by Crippen LogP contribution is 2.18. The van der Waals surface area contributed by atoms with Crippen LogP contribution in [0.15, 0.2) is 75.6 Å². The zero-order valence-electron chi connectivity index (χ0n) is 16.5. The highest BCUT2D eigenvalue weighted by Gasteiger charge is 2.18. The molecule has 0 saturated carbocycles. The third kappa shape index (κ3) is 3.07. The van der Waals surface area contributed by atoms with Crippen molar-refractivity contribution in [3.8, 4) is 0 Å². The van der Waals surface area contributed by atoms with E-state index in [0.717, 1.165) is 16.7 Å². The van der Waals surface area contributed by atoms with Gasteiger partial charge in [-0.15, -0.1) is 16.4 Å². The Labute approximate surface area is 176 Å². The first kappa shape index (κ1) is 18.6. The van der Waals surface area contributed by atoms with Crippen LogP contribution in [0.4, 0.5) is 0 Å². The van der Waals surface area contributed by atoms with Gasteiger partial charge in [-0.2, -0.15) is 0 Å². The topological polar surface area (TPSA) is 61.3 Å². The number of aromatic nitrogens is 4. The summed E-state index contributed by atoms with van der Waals surface area (Å²) in [5.74, 6) is 0.389. The number of nitrogens with zero attached hydrogens (tertiary/aromatic N) is 4. The molecule has 0 bridgehead atoms. The Kier molecular flexibility index (Phi) is 4.59. The fourth-order valence-electron chi connectivity index (χ4n) is 3.77. The molecule has 30 heavy (non-hydrogen) atoms. The van der Waals surface area contributed by atoms with Gasteiger partial charge < -0.3 is 0 Å². The van der Waals surface area contributed by atoms with Crippen molar-refractivity contribution in [2.24, 2.45) is 0 Å². The zero-order chi connectivity index (χ0) is 20.7. The summed E-state index contributed by atoms with van der Waals surface area (Å²) in [7, 11) is 0. The van der Waals surface area contributed by atoms with Crippen LogP contribution in [0.25, 0.3) is 16.0 Å². The van der Waals surface area contributed by atoms with Crippen LogP contribution in [0.1, 0.15) is 16.7 Å². The quantitative estimate of drug-likeness (QED) is 0.441. The molecule has 0 spiro atoms. The molecule has 0 amide bonds. The summed E-state index contributed by atoms with van der Waals surface area (Å²) in [6.07, 6.45) is 0.687. The highest BCUT2D eigenvalue weighted by atomic mass is 32.1. The van der Waals surface area contributed by atoms with Crippen LogP contribution >= 0.6 is 11.3 Å². The molecule has 3 heterocycles. The third-order valence-corrected chi connectivity index (χ3v) is 6.33. The maximum absolute atomic E-state index is 13.2. The Morgan fingerprint density at radius 1 is 0.967 bits per heavy atom. The molecule has 150 valence electrons. The second kappa shape index (κ2) is 7.42. The monoisotopic (exact) mass is 416 g/mol. The molecule has 0 N–H and O–H groups in total. The summed E-state index contributed by atoms with van der Waals surface area (Å²) in [4.78, 5) is 26.4. The molecule has 0 saturated heterocycles. The second-order valence-corrected chi connectivity index (χ2v) is 8.25. The lowest BCUT2D eigenvalue weighted by molar-refractivity contribution is 0.643. The van der Waals surface area contributed by atoms with Crippen molar-refractivity contribution in [2.45, 2.75) is 26.4 Å². The zero-order valence-corrected chi connectivity index (χ0v) is 17.3. The van der Waals surface area contributed by atoms with E-state index in [1.165, 1.54) is 16.0 Å². The Morgan fingerprint density at radius 2 is 1.73 bits per heavy atom. The molecule has 6 nitrogen and oxygen atoms in total. The molecule has 0 aliphatic rings. The Bertz CT molecular complexity index is 1470. The number of hydrogen-bond donors (Lipinski definition) is 0. The lowest BCUT2D eigenvalue weighted by Crippen LogP contribution is -2.26. The molecule has 0 aliphatic heterocycles. The molecule has 0 aliphatic carbocycles. The summed E-state index contributed by atoms with van der Waals surface area (Å²) in [5.41, 5.74) is 3.56. The van der Waals surface area contributed by atoms with Crippen molar-refractivity contribution in [1.29, 1.82) is 0 Å². The first-order chi connectivity index (χ1) is 14.6. The van der Waals surface area contributed by atoms with E-state index in [2.05, 4.69) is 5.10 Å². The normalized spacial score (nSPS) is 11.5. The smallest absolute Gasteiger partial charge is 0.275 e. The van der Waals surface area contributed by atoms with Gasteiger partial charge in [0.2, 0.25) is 5.78 Å². The van der Waals surface area contributed by atoms with Crippen LogP contribution < -0.4 is 11.2 Å². The summed E-state index contributed by atoms with van der Waals surface area (Å²) >= 11 is 1.36. The van der Waals surface area contributed by atoms with E-state index in [0.29, 0.717) is 35.5 Å². The SMILES string of the molecule is Cc1ccccc1Cn1nc2n(CCc3ccccc3)c(=O)c3sccc3n2c1=O. The number of hydrogen-bond acceptors (Lipinski definition) is 4. The molecule has 7 heteroatoms. The van der Waals surface area contributed by atoms with Gasteiger partial charge >= 0.3 is 5.69 Å². The minimum absolute atomic E-state index is 0.100. The second-order valence-electron chi connectivity index (χ2n) is 7.33. The van der Waals surface area contributed by atoms with E-state index in [1.807, 2.05) is 73.0 Å². The van der Waals surface area contributed by atoms with Crippen molar-refractivity contribution in [3.05, 3.63) is 104 Å². The summed E-state index contributed by atoms with van der Waals surface area (Å²) in [6, 6.07) is 19.8. The molecule has 0 fully saturated rings. The molecular formula is C23H20N4O2S. The minimum Gasteiger partial charge on any atom is -0.275 e. The average molecular weight is 417 g/mol. The summed E-state index contributed by atoms with van der Waals surface area (Å²) in [5, 5.41) is 6.43. The van der Waals surface area contributed by atoms with Crippen molar-refractivity contribution in [2.75, 3.05) is 0 Å². The molecular weight excluding hydrogens is 396 g/mol. The predicted octanol–water partition coefficient (Wildman–Crippen LogP) is 3.47. The van der Waals surface area contributed by atoms with Gasteiger partial charge in [0.05, 0.1) is 12.1 Å². The first-order valence-corrected chi connectivity index (χ1v) is 10.7. The van der Waals surface area contributed by atoms with E-state index in [4.69, 9.17) is 0 Å². The van der Waals surface area contributed by atoms with E-state index in [9.17, 15) is 9.59 Å². The number of aryl methyl sites for hydroxylation is 3. The highest BCUT2D eigenvalue weighted by molar-refractivity contribution is 7.17. The van der Waals surface area contributed by atoms with Crippen LogP contribution in [0.5, 0.6) is 0 Å². The molecule has 3 aromatic heterocycles. The van der Waals surface area contributed by atoms with Gasteiger partial charge in [0.15, 0.2) is 0 Å². The van der Waals surface area contributed by atoms with Gasteiger partial charge in [0.1, 0.15) is 4.70 Å². The molecule has 0 atom stereocenters. The number of fused-ring (bicyclic) bond motifs is 3. The average Bonchev–Trinajstić information content (AvgIpc) is 3.36. The van der Waals surface area contributed by atoms with Crippen LogP contribution in [-0.4, -0.2) is 18.7 Å². The first-order valence-electron chi connectivity index (χ1n) is 9.81. The van der Waals surface area contributed by atoms with E-state index in [1.54, 1.807) is 8.97 Å². The lowest BCUT2D eigenvalue weighted by Gasteiger charge is -2.08. The maximum Gasteiger partial charge on any atom is 0.352 e. The largest absolute Gasteiger partial charge is 0.352 e. The lowest BCUT2D eigenvalue weighted by atomic mass is 10.1. The number of benzene rings is 2. The van der Waals surface area contributed by atoms with Gasteiger partial charge in [0, 0.05) is 6.54 Å². The summed E-state index contributed by atoms with van der Waals surface area (Å²) < 4.78 is 5.22. The molecule has 5 rings (SSSR count). The summed E-state index contributed by atoms with van der Waals surface area (Å²) in [6.45, 7) is 2.84. The van der Waals surface area contributed by atoms with Gasteiger partial charge in [-0.25, -0.2) is 13.9 Å². The van der Waals surface area contributed by atoms with Crippen molar-refractivity contribution in [3.63, 3.8) is 0 Å². The Hall–Kier alpha value is -3.45. The van der Waals surface area contributed by atoms with Crippen LogP contribution in [0.3, 0.4) is 0 Å². The third-order valence-electron chi connectivity index (χ3n) is 5.44. The van der Waals surface area contributed by atoms with Gasteiger partial charge in [-0.05, 0) is 41.5 Å². The Morgan fingerprint density at radius 3 is 2.53 bits per heavy atom. The standard InChI is InChI=1S/C23H20N4O2S/c1-16-7-5-6-10-18(16)15-26-23(29)27-19-12-14-30-20(19)21(28)25(22(27)24-26)13-11-17-8-3-2-4-9-17/h2-10,12,14H,11,13,15H2,1H3. The van der Waals surface area contributed by atoms with Crippen molar-refractivity contribution >= 4 is 27.3 Å². The number of rotatable bonds is 5. The fraction of sp³-hybridized carbons (Fsp3) is 0.174. The van der Waals surface area contributed by atoms with E-state index >= 15 is 0 Å². The van der Waals surface area contributed by atoms with Crippen LogP contribution in [0, 0.1) is 6.92 Å². The Balaban J connectivity index is 1.67. The minimum atomic E-state index is -0.231. The van der Waals surface area contributed by atoms with Crippen molar-refractivity contribution in [1.82, 2.24) is 18.7 Å². The van der Waals surface area contributed by atoms with Gasteiger partial charge in [0.25, 0.3) is 5.56 Å². The van der Waals surface area contributed by atoms with Crippen molar-refractivity contribution < 1.29 is 0 Å². The van der Waals surface area contributed by atoms with Crippen LogP contribution in [0.2, 0.25) is 0 Å². The van der Waals surface area contributed by atoms with Gasteiger partial charge in [-0.1, -0.05) is 54.6 Å². The van der Waals surface area contributed by atoms with E-state index in [-0.39, 0.29) is 11.2 Å². The number of thiophene rings is 1. The maximum atomic E-state index is 13.2. The molecule has 2 aromatic carbocycles. The van der Waals surface area contributed by atoms with Gasteiger partial charge in [-0.3, -0.25) is 9.36 Å².